The van der Waals surface area contributed by atoms with E-state index in [1.807, 2.05) is 0 Å². The van der Waals surface area contributed by atoms with Gasteiger partial charge in [0.25, 0.3) is 0 Å². The number of methoxy groups -OCH3 is 2. The van der Waals surface area contributed by atoms with Crippen molar-refractivity contribution in [1.82, 2.24) is 10.2 Å². The van der Waals surface area contributed by atoms with Gasteiger partial charge in [-0.2, -0.15) is 13.2 Å². The first-order chi connectivity index (χ1) is 10.9. The molecule has 0 spiro atoms. The molecule has 0 aliphatic carbocycles. The van der Waals surface area contributed by atoms with Crippen molar-refractivity contribution in [2.75, 3.05) is 40.4 Å². The lowest BCUT2D eigenvalue weighted by Gasteiger charge is -2.36. The molecule has 2 rings (SSSR count). The maximum absolute atomic E-state index is 12.7. The van der Waals surface area contributed by atoms with Crippen LogP contribution in [0.2, 0.25) is 0 Å². The van der Waals surface area contributed by atoms with Crippen LogP contribution in [0, 0.1) is 0 Å². The van der Waals surface area contributed by atoms with Crippen LogP contribution in [-0.2, 0) is 0 Å². The number of rotatable bonds is 6. The van der Waals surface area contributed by atoms with Gasteiger partial charge in [0.05, 0.1) is 14.2 Å². The second-order valence-corrected chi connectivity index (χ2v) is 5.56. The smallest absolute Gasteiger partial charge is 0.389 e. The van der Waals surface area contributed by atoms with Gasteiger partial charge in [0, 0.05) is 44.2 Å². The predicted molar refractivity (Wildman–Crippen MR) is 96.5 cm³/mol. The first-order valence-corrected chi connectivity index (χ1v) is 7.68. The molecule has 0 radical (unpaired) electrons. The van der Waals surface area contributed by atoms with E-state index >= 15 is 0 Å². The minimum atomic E-state index is -4.17. The lowest BCUT2D eigenvalue weighted by atomic mass is 9.98. The highest BCUT2D eigenvalue weighted by atomic mass is 35.5. The summed E-state index contributed by atoms with van der Waals surface area (Å²) in [4.78, 5) is 2.08. The lowest BCUT2D eigenvalue weighted by molar-refractivity contribution is -0.138. The van der Waals surface area contributed by atoms with Gasteiger partial charge < -0.3 is 14.8 Å². The Bertz CT molecular complexity index is 513. The normalized spacial score (nSPS) is 16.4. The van der Waals surface area contributed by atoms with Gasteiger partial charge in [-0.1, -0.05) is 0 Å². The summed E-state index contributed by atoms with van der Waals surface area (Å²) in [7, 11) is 3.07. The molecule has 9 heteroatoms. The van der Waals surface area contributed by atoms with Crippen LogP contribution in [0.15, 0.2) is 18.2 Å². The molecular weight excluding hydrogens is 380 g/mol. The summed E-state index contributed by atoms with van der Waals surface area (Å²) in [5.41, 5.74) is 0.748. The third kappa shape index (κ3) is 7.09. The van der Waals surface area contributed by atoms with Crippen LogP contribution >= 0.6 is 24.8 Å². The third-order valence-corrected chi connectivity index (χ3v) is 4.09. The molecule has 0 aromatic heterocycles. The van der Waals surface area contributed by atoms with Crippen LogP contribution in [0.4, 0.5) is 13.2 Å². The highest BCUT2D eigenvalue weighted by molar-refractivity contribution is 5.85. The van der Waals surface area contributed by atoms with Crippen molar-refractivity contribution >= 4 is 24.8 Å². The molecule has 146 valence electrons. The van der Waals surface area contributed by atoms with Gasteiger partial charge in [0.1, 0.15) is 11.5 Å². The van der Waals surface area contributed by atoms with Crippen LogP contribution < -0.4 is 14.8 Å². The van der Waals surface area contributed by atoms with E-state index in [0.29, 0.717) is 24.6 Å². The SMILES string of the molecule is COc1ccc(OC)c([C@@H](CCC(F)(F)F)N2CCNCC2)c1.Cl.Cl. The molecule has 25 heavy (non-hydrogen) atoms. The van der Waals surface area contributed by atoms with E-state index in [1.54, 1.807) is 25.3 Å². The van der Waals surface area contributed by atoms with E-state index in [2.05, 4.69) is 10.2 Å². The van der Waals surface area contributed by atoms with E-state index in [9.17, 15) is 13.2 Å². The number of hydrogen-bond acceptors (Lipinski definition) is 4. The van der Waals surface area contributed by atoms with E-state index < -0.39 is 12.6 Å². The summed E-state index contributed by atoms with van der Waals surface area (Å²) in [6.45, 7) is 2.97. The third-order valence-electron chi connectivity index (χ3n) is 4.09. The van der Waals surface area contributed by atoms with Crippen molar-refractivity contribution in [3.8, 4) is 11.5 Å². The Hall–Kier alpha value is -0.890. The summed E-state index contributed by atoms with van der Waals surface area (Å²) in [5, 5.41) is 3.22. The van der Waals surface area contributed by atoms with E-state index in [1.165, 1.54) is 7.11 Å². The van der Waals surface area contributed by atoms with Crippen LogP contribution in [0.3, 0.4) is 0 Å². The maximum atomic E-state index is 12.7. The minimum Gasteiger partial charge on any atom is -0.497 e. The Balaban J connectivity index is 0.00000288. The number of benzene rings is 1. The number of piperazine rings is 1. The topological polar surface area (TPSA) is 33.7 Å². The first kappa shape index (κ1) is 24.1. The standard InChI is InChI=1S/C16H23F3N2O2.2ClH/c1-22-12-3-4-15(23-2)13(11-12)14(5-6-16(17,18)19)21-9-7-20-8-10-21;;/h3-4,11,14,20H,5-10H2,1-2H3;2*1H/t14-;;/m1../s1. The molecule has 0 unspecified atom stereocenters. The number of nitrogens with one attached hydrogen (secondary N) is 1. The summed E-state index contributed by atoms with van der Waals surface area (Å²) >= 11 is 0. The Morgan fingerprint density at radius 2 is 1.76 bits per heavy atom. The van der Waals surface area contributed by atoms with E-state index in [-0.39, 0.29) is 37.3 Å². The Morgan fingerprint density at radius 1 is 1.12 bits per heavy atom. The molecule has 1 aromatic carbocycles. The second-order valence-electron chi connectivity index (χ2n) is 5.56. The highest BCUT2D eigenvalue weighted by Gasteiger charge is 2.32. The van der Waals surface area contributed by atoms with Gasteiger partial charge in [-0.3, -0.25) is 4.90 Å². The molecule has 1 aromatic rings. The van der Waals surface area contributed by atoms with E-state index in [0.717, 1.165) is 18.7 Å². The van der Waals surface area contributed by atoms with Crippen molar-refractivity contribution in [2.45, 2.75) is 25.1 Å². The van der Waals surface area contributed by atoms with Gasteiger partial charge in [0.2, 0.25) is 0 Å². The van der Waals surface area contributed by atoms with Crippen molar-refractivity contribution in [3.05, 3.63) is 23.8 Å². The molecule has 0 bridgehead atoms. The average molecular weight is 405 g/mol. The molecule has 4 nitrogen and oxygen atoms in total. The summed E-state index contributed by atoms with van der Waals surface area (Å²) in [5.74, 6) is 1.21. The fourth-order valence-corrected chi connectivity index (χ4v) is 2.93. The zero-order valence-corrected chi connectivity index (χ0v) is 15.9. The van der Waals surface area contributed by atoms with Gasteiger partial charge in [-0.15, -0.1) is 24.8 Å². The predicted octanol–water partition coefficient (Wildman–Crippen LogP) is 3.84. The highest BCUT2D eigenvalue weighted by Crippen LogP contribution is 2.37. The molecule has 1 saturated heterocycles. The van der Waals surface area contributed by atoms with Crippen molar-refractivity contribution < 1.29 is 22.6 Å². The van der Waals surface area contributed by atoms with Gasteiger partial charge in [-0.25, -0.2) is 0 Å². The minimum absolute atomic E-state index is 0. The van der Waals surface area contributed by atoms with Crippen molar-refractivity contribution in [1.29, 1.82) is 0 Å². The second kappa shape index (κ2) is 11.0. The molecule has 0 amide bonds. The molecule has 1 fully saturated rings. The molecular formula is C16H25Cl2F3N2O2. The molecule has 1 N–H and O–H groups in total. The van der Waals surface area contributed by atoms with Crippen molar-refractivity contribution in [2.24, 2.45) is 0 Å². The Labute approximate surface area is 158 Å². The fourth-order valence-electron chi connectivity index (χ4n) is 2.93. The van der Waals surface area contributed by atoms with Crippen LogP contribution in [0.5, 0.6) is 11.5 Å². The monoisotopic (exact) mass is 404 g/mol. The number of ether oxygens (including phenoxy) is 2. The molecule has 1 heterocycles. The number of hydrogen-bond donors (Lipinski definition) is 1. The molecule has 1 atom stereocenters. The molecule has 1 aliphatic rings. The quantitative estimate of drug-likeness (QED) is 0.780. The largest absolute Gasteiger partial charge is 0.497 e. The Kier molecular flexibility index (Phi) is 10.6. The average Bonchev–Trinajstić information content (AvgIpc) is 2.55. The van der Waals surface area contributed by atoms with Gasteiger partial charge in [0.15, 0.2) is 0 Å². The number of halogens is 5. The Morgan fingerprint density at radius 3 is 2.28 bits per heavy atom. The number of nitrogens with zero attached hydrogens (tertiary/aromatic N) is 1. The zero-order chi connectivity index (χ0) is 16.9. The first-order valence-electron chi connectivity index (χ1n) is 7.68. The number of alkyl halides is 3. The molecule has 0 saturated carbocycles. The van der Waals surface area contributed by atoms with Crippen LogP contribution in [0.25, 0.3) is 0 Å². The van der Waals surface area contributed by atoms with Crippen LogP contribution in [0.1, 0.15) is 24.4 Å². The fraction of sp³-hybridized carbons (Fsp3) is 0.625. The summed E-state index contributed by atoms with van der Waals surface area (Å²) in [6, 6.07) is 4.93. The summed E-state index contributed by atoms with van der Waals surface area (Å²) in [6.07, 6.45) is -4.98. The van der Waals surface area contributed by atoms with Crippen LogP contribution in [-0.4, -0.2) is 51.5 Å². The lowest BCUT2D eigenvalue weighted by Crippen LogP contribution is -2.45. The summed E-state index contributed by atoms with van der Waals surface area (Å²) < 4.78 is 48.8. The maximum Gasteiger partial charge on any atom is 0.389 e. The van der Waals surface area contributed by atoms with E-state index in [4.69, 9.17) is 9.47 Å². The zero-order valence-electron chi connectivity index (χ0n) is 14.3. The molecule has 1 aliphatic heterocycles. The van der Waals surface area contributed by atoms with Gasteiger partial charge >= 0.3 is 6.18 Å². The van der Waals surface area contributed by atoms with Gasteiger partial charge in [-0.05, 0) is 24.6 Å². The van der Waals surface area contributed by atoms with Crippen molar-refractivity contribution in [3.63, 3.8) is 0 Å².